The van der Waals surface area contributed by atoms with Crippen LogP contribution in [0, 0.1) is 0 Å². The van der Waals surface area contributed by atoms with E-state index in [2.05, 4.69) is 9.97 Å². The molecule has 1 saturated heterocycles. The standard InChI is InChI=1S/C25H18ClN3O4S/c1-2-33-17-6-3-15(4-7-17)22(30)20-21(14-9-11-27-12-10-14)29(24(32)23(20)31)25-28-18-8-5-16(26)13-19(18)34-25/h3-13,21,30H,2H2,1H3. The highest BCUT2D eigenvalue weighted by atomic mass is 35.5. The number of thiazole rings is 1. The van der Waals surface area contributed by atoms with Crippen molar-refractivity contribution in [1.29, 1.82) is 0 Å². The molecule has 1 amide bonds. The number of hydrogen-bond donors (Lipinski definition) is 1. The Morgan fingerprint density at radius 2 is 1.85 bits per heavy atom. The van der Waals surface area contributed by atoms with E-state index in [0.717, 1.165) is 4.70 Å². The van der Waals surface area contributed by atoms with Crippen LogP contribution in [0.5, 0.6) is 5.75 Å². The summed E-state index contributed by atoms with van der Waals surface area (Å²) in [6, 6.07) is 14.5. The summed E-state index contributed by atoms with van der Waals surface area (Å²) in [5.74, 6) is -1.18. The molecule has 2 aromatic carbocycles. The highest BCUT2D eigenvalue weighted by Gasteiger charge is 2.48. The van der Waals surface area contributed by atoms with Crippen molar-refractivity contribution in [3.63, 3.8) is 0 Å². The molecule has 3 heterocycles. The topological polar surface area (TPSA) is 92.6 Å². The number of aliphatic hydroxyl groups excluding tert-OH is 1. The van der Waals surface area contributed by atoms with E-state index in [1.807, 2.05) is 6.92 Å². The molecule has 34 heavy (non-hydrogen) atoms. The Balaban J connectivity index is 1.67. The van der Waals surface area contributed by atoms with Crippen LogP contribution in [-0.4, -0.2) is 33.4 Å². The number of fused-ring (bicyclic) bond motifs is 1. The van der Waals surface area contributed by atoms with Crippen molar-refractivity contribution < 1.29 is 19.4 Å². The normalized spacial score (nSPS) is 17.5. The Kier molecular flexibility index (Phi) is 5.77. The van der Waals surface area contributed by atoms with Crippen LogP contribution in [0.3, 0.4) is 0 Å². The Bertz CT molecular complexity index is 1430. The maximum absolute atomic E-state index is 13.3. The summed E-state index contributed by atoms with van der Waals surface area (Å²) < 4.78 is 6.24. The Hall–Kier alpha value is -3.75. The van der Waals surface area contributed by atoms with Crippen molar-refractivity contribution in [2.45, 2.75) is 13.0 Å². The predicted molar refractivity (Wildman–Crippen MR) is 131 cm³/mol. The zero-order chi connectivity index (χ0) is 23.8. The lowest BCUT2D eigenvalue weighted by atomic mass is 9.96. The average Bonchev–Trinajstić information content (AvgIpc) is 3.37. The van der Waals surface area contributed by atoms with Gasteiger partial charge in [-0.25, -0.2) is 4.98 Å². The summed E-state index contributed by atoms with van der Waals surface area (Å²) in [6.45, 7) is 2.38. The number of carbonyl (C=O) groups is 2. The maximum atomic E-state index is 13.3. The van der Waals surface area contributed by atoms with Crippen LogP contribution in [0.2, 0.25) is 5.02 Å². The third-order valence-corrected chi connectivity index (χ3v) is 6.70. The van der Waals surface area contributed by atoms with E-state index in [4.69, 9.17) is 16.3 Å². The van der Waals surface area contributed by atoms with Gasteiger partial charge >= 0.3 is 5.91 Å². The van der Waals surface area contributed by atoms with Gasteiger partial charge in [-0.1, -0.05) is 22.9 Å². The number of Topliss-reactive ketones (excluding diaryl/α,β-unsaturated/α-hetero) is 1. The first kappa shape index (κ1) is 22.1. The second kappa shape index (κ2) is 8.89. The molecular formula is C25H18ClN3O4S. The highest BCUT2D eigenvalue weighted by molar-refractivity contribution is 7.22. The molecule has 0 radical (unpaired) electrons. The Morgan fingerprint density at radius 1 is 1.12 bits per heavy atom. The van der Waals surface area contributed by atoms with Gasteiger partial charge in [-0.15, -0.1) is 0 Å². The van der Waals surface area contributed by atoms with E-state index >= 15 is 0 Å². The summed E-state index contributed by atoms with van der Waals surface area (Å²) in [7, 11) is 0. The van der Waals surface area contributed by atoms with Crippen LogP contribution < -0.4 is 9.64 Å². The van der Waals surface area contributed by atoms with Gasteiger partial charge in [0.1, 0.15) is 11.5 Å². The van der Waals surface area contributed by atoms with E-state index < -0.39 is 17.7 Å². The summed E-state index contributed by atoms with van der Waals surface area (Å²) in [5.41, 5.74) is 1.67. The molecule has 0 aliphatic carbocycles. The monoisotopic (exact) mass is 491 g/mol. The molecule has 1 aliphatic heterocycles. The fourth-order valence-corrected chi connectivity index (χ4v) is 5.18. The minimum Gasteiger partial charge on any atom is -0.507 e. The van der Waals surface area contributed by atoms with Crippen molar-refractivity contribution in [3.05, 3.63) is 88.7 Å². The number of amides is 1. The number of nitrogens with zero attached hydrogens (tertiary/aromatic N) is 3. The second-order valence-corrected chi connectivity index (χ2v) is 8.96. The average molecular weight is 492 g/mol. The number of aromatic nitrogens is 2. The van der Waals surface area contributed by atoms with Gasteiger partial charge in [0.15, 0.2) is 5.13 Å². The molecule has 0 spiro atoms. The molecule has 4 aromatic rings. The molecule has 9 heteroatoms. The molecule has 7 nitrogen and oxygen atoms in total. The molecule has 170 valence electrons. The van der Waals surface area contributed by atoms with Gasteiger partial charge in [-0.2, -0.15) is 0 Å². The number of ketones is 1. The summed E-state index contributed by atoms with van der Waals surface area (Å²) in [5, 5.41) is 12.1. The van der Waals surface area contributed by atoms with Crippen LogP contribution in [0.15, 0.2) is 72.6 Å². The van der Waals surface area contributed by atoms with E-state index in [1.165, 1.54) is 16.2 Å². The van der Waals surface area contributed by atoms with Crippen molar-refractivity contribution in [3.8, 4) is 5.75 Å². The van der Waals surface area contributed by atoms with Gasteiger partial charge in [-0.05, 0) is 67.1 Å². The van der Waals surface area contributed by atoms with E-state index in [-0.39, 0.29) is 11.3 Å². The van der Waals surface area contributed by atoms with Crippen molar-refractivity contribution >= 4 is 55.7 Å². The molecule has 1 fully saturated rings. The van der Waals surface area contributed by atoms with Gasteiger partial charge in [0.2, 0.25) is 0 Å². The number of halogens is 1. The number of aliphatic hydroxyl groups is 1. The molecule has 2 aromatic heterocycles. The molecule has 1 unspecified atom stereocenters. The second-order valence-electron chi connectivity index (χ2n) is 7.52. The summed E-state index contributed by atoms with van der Waals surface area (Å²) in [4.78, 5) is 36.4. The third kappa shape index (κ3) is 3.81. The maximum Gasteiger partial charge on any atom is 0.301 e. The zero-order valence-corrected chi connectivity index (χ0v) is 19.5. The number of hydrogen-bond acceptors (Lipinski definition) is 7. The quantitative estimate of drug-likeness (QED) is 0.229. The molecule has 1 aliphatic rings. The summed E-state index contributed by atoms with van der Waals surface area (Å²) in [6.07, 6.45) is 3.15. The lowest BCUT2D eigenvalue weighted by Gasteiger charge is -2.22. The van der Waals surface area contributed by atoms with E-state index in [0.29, 0.717) is 39.2 Å². The minimum atomic E-state index is -0.870. The van der Waals surface area contributed by atoms with Gasteiger partial charge < -0.3 is 9.84 Å². The van der Waals surface area contributed by atoms with E-state index in [1.54, 1.807) is 67.0 Å². The molecule has 1 atom stereocenters. The molecular weight excluding hydrogens is 474 g/mol. The van der Waals surface area contributed by atoms with Gasteiger partial charge in [-0.3, -0.25) is 19.5 Å². The lowest BCUT2D eigenvalue weighted by molar-refractivity contribution is -0.132. The molecule has 0 bridgehead atoms. The van der Waals surface area contributed by atoms with Crippen LogP contribution in [0.1, 0.15) is 24.1 Å². The summed E-state index contributed by atoms with van der Waals surface area (Å²) >= 11 is 7.37. The minimum absolute atomic E-state index is 0.0161. The van der Waals surface area contributed by atoms with Gasteiger partial charge in [0.25, 0.3) is 5.78 Å². The SMILES string of the molecule is CCOc1ccc(C(O)=C2C(=O)C(=O)N(c3nc4ccc(Cl)cc4s3)C2c2ccncc2)cc1. The highest BCUT2D eigenvalue weighted by Crippen LogP contribution is 2.44. The number of pyridine rings is 1. The Labute approximate surface area is 203 Å². The van der Waals surface area contributed by atoms with Crippen molar-refractivity contribution in [1.82, 2.24) is 9.97 Å². The van der Waals surface area contributed by atoms with E-state index in [9.17, 15) is 14.7 Å². The first-order valence-corrected chi connectivity index (χ1v) is 11.7. The number of ether oxygens (including phenoxy) is 1. The van der Waals surface area contributed by atoms with Crippen LogP contribution in [0.4, 0.5) is 5.13 Å². The first-order valence-electron chi connectivity index (χ1n) is 10.5. The lowest BCUT2D eigenvalue weighted by Crippen LogP contribution is -2.29. The molecule has 1 N–H and O–H groups in total. The smallest absolute Gasteiger partial charge is 0.301 e. The van der Waals surface area contributed by atoms with Crippen LogP contribution in [-0.2, 0) is 9.59 Å². The number of carbonyl (C=O) groups excluding carboxylic acids is 2. The Morgan fingerprint density at radius 3 is 2.56 bits per heavy atom. The number of rotatable bonds is 5. The van der Waals surface area contributed by atoms with Crippen LogP contribution in [0.25, 0.3) is 16.0 Å². The first-order chi connectivity index (χ1) is 16.5. The van der Waals surface area contributed by atoms with Crippen molar-refractivity contribution in [2.24, 2.45) is 0 Å². The fraction of sp³-hybridized carbons (Fsp3) is 0.120. The van der Waals surface area contributed by atoms with Gasteiger partial charge in [0.05, 0.1) is 28.4 Å². The zero-order valence-electron chi connectivity index (χ0n) is 17.9. The molecule has 0 saturated carbocycles. The van der Waals surface area contributed by atoms with Crippen molar-refractivity contribution in [2.75, 3.05) is 11.5 Å². The predicted octanol–water partition coefficient (Wildman–Crippen LogP) is 5.37. The van der Waals surface area contributed by atoms with Gasteiger partial charge in [0, 0.05) is 23.0 Å². The largest absolute Gasteiger partial charge is 0.507 e. The third-order valence-electron chi connectivity index (χ3n) is 5.45. The fourth-order valence-electron chi connectivity index (χ4n) is 3.91. The molecule has 5 rings (SSSR count). The number of anilines is 1. The van der Waals surface area contributed by atoms with Crippen LogP contribution >= 0.6 is 22.9 Å². The number of benzene rings is 2.